The number of amides is 1. The van der Waals surface area contributed by atoms with Crippen molar-refractivity contribution in [2.75, 3.05) is 11.1 Å². The van der Waals surface area contributed by atoms with Crippen LogP contribution in [0.2, 0.25) is 0 Å². The van der Waals surface area contributed by atoms with Gasteiger partial charge in [0.15, 0.2) is 5.82 Å². The molecule has 0 radical (unpaired) electrons. The van der Waals surface area contributed by atoms with Crippen LogP contribution in [0.1, 0.15) is 5.56 Å². The molecule has 4 rings (SSSR count). The van der Waals surface area contributed by atoms with Crippen LogP contribution in [-0.4, -0.2) is 16.1 Å². The van der Waals surface area contributed by atoms with Crippen LogP contribution >= 0.6 is 0 Å². The van der Waals surface area contributed by atoms with Gasteiger partial charge >= 0.3 is 0 Å². The van der Waals surface area contributed by atoms with Gasteiger partial charge in [0.05, 0.1) is 11.9 Å². The fraction of sp³-hybridized carbons (Fsp3) is 0.0667. The smallest absolute Gasteiger partial charge is 0.228 e. The van der Waals surface area contributed by atoms with Crippen LogP contribution in [0.3, 0.4) is 0 Å². The molecule has 5 heteroatoms. The first-order valence-corrected chi connectivity index (χ1v) is 6.38. The van der Waals surface area contributed by atoms with E-state index in [1.807, 2.05) is 36.4 Å². The van der Waals surface area contributed by atoms with Gasteiger partial charge in [-0.1, -0.05) is 18.2 Å². The second-order valence-electron chi connectivity index (χ2n) is 4.93. The minimum atomic E-state index is 0.0383. The lowest BCUT2D eigenvalue weighted by Crippen LogP contribution is -2.03. The largest absolute Gasteiger partial charge is 0.382 e. The number of aromatic nitrogens is 2. The molecule has 1 aliphatic rings. The van der Waals surface area contributed by atoms with Crippen molar-refractivity contribution >= 4 is 28.3 Å². The number of fused-ring (bicyclic) bond motifs is 2. The lowest BCUT2D eigenvalue weighted by Gasteiger charge is -2.07. The monoisotopic (exact) mass is 264 g/mol. The van der Waals surface area contributed by atoms with Crippen LogP contribution in [0, 0.1) is 0 Å². The molecule has 0 aliphatic carbocycles. The minimum Gasteiger partial charge on any atom is -0.382 e. The molecular formula is C15H12N4O. The predicted octanol–water partition coefficient (Wildman–Crippen LogP) is 2.31. The normalized spacial score (nSPS) is 13.5. The van der Waals surface area contributed by atoms with Gasteiger partial charge in [0.2, 0.25) is 5.91 Å². The molecule has 0 bridgehead atoms. The van der Waals surface area contributed by atoms with E-state index in [1.54, 1.807) is 0 Å². The van der Waals surface area contributed by atoms with Gasteiger partial charge in [-0.05, 0) is 34.9 Å². The molecular weight excluding hydrogens is 252 g/mol. The summed E-state index contributed by atoms with van der Waals surface area (Å²) in [6, 6.07) is 11.9. The summed E-state index contributed by atoms with van der Waals surface area (Å²) < 4.78 is 0. The van der Waals surface area contributed by atoms with Gasteiger partial charge < -0.3 is 11.1 Å². The van der Waals surface area contributed by atoms with Crippen molar-refractivity contribution in [2.24, 2.45) is 0 Å². The minimum absolute atomic E-state index is 0.0383. The highest BCUT2D eigenvalue weighted by molar-refractivity contribution is 6.02. The van der Waals surface area contributed by atoms with Crippen molar-refractivity contribution in [3.63, 3.8) is 0 Å². The Morgan fingerprint density at radius 2 is 2.10 bits per heavy atom. The summed E-state index contributed by atoms with van der Waals surface area (Å²) in [5.74, 6) is 0.528. The Balaban J connectivity index is 1.94. The molecule has 98 valence electrons. The van der Waals surface area contributed by atoms with Crippen LogP contribution in [-0.2, 0) is 11.2 Å². The SMILES string of the molecule is Nc1n[nH]c2ccc(-c3cccc4c3CC(=O)N4)cc12. The summed E-state index contributed by atoms with van der Waals surface area (Å²) in [4.78, 5) is 11.6. The van der Waals surface area contributed by atoms with E-state index >= 15 is 0 Å². The Kier molecular flexibility index (Phi) is 2.12. The molecule has 0 atom stereocenters. The van der Waals surface area contributed by atoms with E-state index in [2.05, 4.69) is 15.5 Å². The molecule has 0 saturated heterocycles. The Morgan fingerprint density at radius 3 is 3.00 bits per heavy atom. The van der Waals surface area contributed by atoms with Crippen LogP contribution in [0.5, 0.6) is 0 Å². The number of rotatable bonds is 1. The molecule has 2 aromatic carbocycles. The summed E-state index contributed by atoms with van der Waals surface area (Å²) in [7, 11) is 0. The lowest BCUT2D eigenvalue weighted by atomic mass is 9.97. The first kappa shape index (κ1) is 11.0. The van der Waals surface area contributed by atoms with Gasteiger partial charge in [0.25, 0.3) is 0 Å². The zero-order valence-electron chi connectivity index (χ0n) is 10.6. The summed E-state index contributed by atoms with van der Waals surface area (Å²) in [6.45, 7) is 0. The highest BCUT2D eigenvalue weighted by Crippen LogP contribution is 2.34. The second kappa shape index (κ2) is 3.84. The fourth-order valence-electron chi connectivity index (χ4n) is 2.72. The summed E-state index contributed by atoms with van der Waals surface area (Å²) in [6.07, 6.45) is 0.421. The van der Waals surface area contributed by atoms with Crippen molar-refractivity contribution in [1.29, 1.82) is 0 Å². The van der Waals surface area contributed by atoms with Crippen LogP contribution in [0.25, 0.3) is 22.0 Å². The number of nitrogens with one attached hydrogen (secondary N) is 2. The van der Waals surface area contributed by atoms with Crippen molar-refractivity contribution in [1.82, 2.24) is 10.2 Å². The first-order chi connectivity index (χ1) is 9.72. The average Bonchev–Trinajstić information content (AvgIpc) is 3.00. The topological polar surface area (TPSA) is 83.8 Å². The zero-order chi connectivity index (χ0) is 13.7. The second-order valence-corrected chi connectivity index (χ2v) is 4.93. The molecule has 1 amide bonds. The quantitative estimate of drug-likeness (QED) is 0.630. The summed E-state index contributed by atoms with van der Waals surface area (Å²) >= 11 is 0. The number of hydrogen-bond acceptors (Lipinski definition) is 3. The molecule has 5 nitrogen and oxygen atoms in total. The van der Waals surface area contributed by atoms with Crippen molar-refractivity contribution < 1.29 is 4.79 Å². The maximum Gasteiger partial charge on any atom is 0.228 e. The zero-order valence-corrected chi connectivity index (χ0v) is 10.6. The number of carbonyl (C=O) groups excluding carboxylic acids is 1. The molecule has 0 spiro atoms. The third-order valence-electron chi connectivity index (χ3n) is 3.69. The van der Waals surface area contributed by atoms with Gasteiger partial charge in [-0.25, -0.2) is 0 Å². The summed E-state index contributed by atoms with van der Waals surface area (Å²) in [5, 5.41) is 10.7. The van der Waals surface area contributed by atoms with Crippen molar-refractivity contribution in [2.45, 2.75) is 6.42 Å². The third kappa shape index (κ3) is 1.50. The Labute approximate surface area is 114 Å². The molecule has 20 heavy (non-hydrogen) atoms. The summed E-state index contributed by atoms with van der Waals surface area (Å²) in [5.41, 5.74) is 10.8. The molecule has 0 saturated carbocycles. The molecule has 0 unspecified atom stereocenters. The van der Waals surface area contributed by atoms with E-state index in [1.165, 1.54) is 0 Å². The molecule has 1 aliphatic heterocycles. The first-order valence-electron chi connectivity index (χ1n) is 6.38. The molecule has 3 aromatic rings. The van der Waals surface area contributed by atoms with E-state index in [9.17, 15) is 4.79 Å². The van der Waals surface area contributed by atoms with E-state index in [0.717, 1.165) is 33.3 Å². The standard InChI is InChI=1S/C15H12N4O/c16-15-11-6-8(4-5-13(11)18-19-15)9-2-1-3-12-10(9)7-14(20)17-12/h1-6H,7H2,(H,17,20)(H3,16,18,19). The van der Waals surface area contributed by atoms with Crippen LogP contribution < -0.4 is 11.1 Å². The Bertz CT molecular complexity index is 850. The third-order valence-corrected chi connectivity index (χ3v) is 3.69. The number of H-pyrrole nitrogens is 1. The highest BCUT2D eigenvalue weighted by Gasteiger charge is 2.21. The van der Waals surface area contributed by atoms with Gasteiger partial charge in [-0.2, -0.15) is 5.10 Å². The van der Waals surface area contributed by atoms with Crippen LogP contribution in [0.15, 0.2) is 36.4 Å². The Hall–Kier alpha value is -2.82. The van der Waals surface area contributed by atoms with Gasteiger partial charge in [-0.15, -0.1) is 0 Å². The predicted molar refractivity (Wildman–Crippen MR) is 78.3 cm³/mol. The van der Waals surface area contributed by atoms with Gasteiger partial charge in [0.1, 0.15) is 0 Å². The number of nitrogens with two attached hydrogens (primary N) is 1. The van der Waals surface area contributed by atoms with E-state index < -0.39 is 0 Å². The number of aromatic amines is 1. The Morgan fingerprint density at radius 1 is 1.20 bits per heavy atom. The van der Waals surface area contributed by atoms with E-state index in [0.29, 0.717) is 12.2 Å². The van der Waals surface area contributed by atoms with Gasteiger partial charge in [-0.3, -0.25) is 9.89 Å². The van der Waals surface area contributed by atoms with Crippen molar-refractivity contribution in [3.8, 4) is 11.1 Å². The number of benzene rings is 2. The van der Waals surface area contributed by atoms with Crippen LogP contribution in [0.4, 0.5) is 11.5 Å². The number of carbonyl (C=O) groups is 1. The number of nitrogens with zero attached hydrogens (tertiary/aromatic N) is 1. The number of hydrogen-bond donors (Lipinski definition) is 3. The molecule has 1 aromatic heterocycles. The number of anilines is 2. The van der Waals surface area contributed by atoms with Gasteiger partial charge in [0, 0.05) is 11.1 Å². The molecule has 0 fully saturated rings. The maximum atomic E-state index is 11.6. The molecule has 2 heterocycles. The van der Waals surface area contributed by atoms with E-state index in [4.69, 9.17) is 5.73 Å². The highest BCUT2D eigenvalue weighted by atomic mass is 16.1. The average molecular weight is 264 g/mol. The van der Waals surface area contributed by atoms with Crippen molar-refractivity contribution in [3.05, 3.63) is 42.0 Å². The fourth-order valence-corrected chi connectivity index (χ4v) is 2.72. The van der Waals surface area contributed by atoms with E-state index in [-0.39, 0.29) is 5.91 Å². The lowest BCUT2D eigenvalue weighted by molar-refractivity contribution is -0.115. The number of nitrogen functional groups attached to an aromatic ring is 1. The maximum absolute atomic E-state index is 11.6. The molecule has 4 N–H and O–H groups in total.